The SMILES string of the molecule is CCC(Cl)Sc1cn[nH]n1. The van der Waals surface area contributed by atoms with Gasteiger partial charge in [0.25, 0.3) is 0 Å². The molecule has 1 aromatic heterocycles. The third kappa shape index (κ3) is 2.19. The van der Waals surface area contributed by atoms with Gasteiger partial charge in [0, 0.05) is 0 Å². The van der Waals surface area contributed by atoms with Gasteiger partial charge in [0.15, 0.2) is 0 Å². The maximum Gasteiger partial charge on any atom is 0.140 e. The van der Waals surface area contributed by atoms with Crippen molar-refractivity contribution in [1.29, 1.82) is 0 Å². The van der Waals surface area contributed by atoms with E-state index in [0.717, 1.165) is 11.4 Å². The molecule has 0 aliphatic rings. The van der Waals surface area contributed by atoms with E-state index in [9.17, 15) is 0 Å². The van der Waals surface area contributed by atoms with Gasteiger partial charge in [-0.2, -0.15) is 10.3 Å². The van der Waals surface area contributed by atoms with Crippen LogP contribution >= 0.6 is 23.4 Å². The number of H-pyrrole nitrogens is 1. The molecule has 0 amide bonds. The van der Waals surface area contributed by atoms with Crippen LogP contribution in [-0.4, -0.2) is 20.1 Å². The minimum Gasteiger partial charge on any atom is -0.197 e. The first-order chi connectivity index (χ1) is 4.83. The summed E-state index contributed by atoms with van der Waals surface area (Å²) in [7, 11) is 0. The minimum atomic E-state index is 0.102. The number of thioether (sulfide) groups is 1. The Kier molecular flexibility index (Phi) is 3.02. The van der Waals surface area contributed by atoms with Crippen molar-refractivity contribution in [2.75, 3.05) is 0 Å². The monoisotopic (exact) mass is 177 g/mol. The van der Waals surface area contributed by atoms with Crippen LogP contribution < -0.4 is 0 Å². The van der Waals surface area contributed by atoms with Gasteiger partial charge in [0.05, 0.1) is 10.9 Å². The molecule has 0 saturated heterocycles. The summed E-state index contributed by atoms with van der Waals surface area (Å²) in [5.74, 6) is 0. The van der Waals surface area contributed by atoms with E-state index in [1.807, 2.05) is 6.92 Å². The van der Waals surface area contributed by atoms with Crippen LogP contribution in [0.4, 0.5) is 0 Å². The molecule has 1 atom stereocenters. The molecule has 1 N–H and O–H groups in total. The summed E-state index contributed by atoms with van der Waals surface area (Å²) in [6.45, 7) is 2.03. The molecule has 0 radical (unpaired) electrons. The highest BCUT2D eigenvalue weighted by molar-refractivity contribution is 8.01. The Morgan fingerprint density at radius 1 is 1.90 bits per heavy atom. The molecule has 0 spiro atoms. The van der Waals surface area contributed by atoms with Crippen molar-refractivity contribution >= 4 is 23.4 Å². The third-order valence-electron chi connectivity index (χ3n) is 0.963. The fourth-order valence-corrected chi connectivity index (χ4v) is 1.37. The molecule has 1 rings (SSSR count). The van der Waals surface area contributed by atoms with Gasteiger partial charge in [0.1, 0.15) is 5.03 Å². The topological polar surface area (TPSA) is 41.6 Å². The summed E-state index contributed by atoms with van der Waals surface area (Å²) in [5.41, 5.74) is 0. The molecule has 1 heterocycles. The average molecular weight is 178 g/mol. The summed E-state index contributed by atoms with van der Waals surface area (Å²) in [6.07, 6.45) is 2.59. The Bertz CT molecular complexity index is 177. The second-order valence-electron chi connectivity index (χ2n) is 1.74. The zero-order valence-corrected chi connectivity index (χ0v) is 7.11. The van der Waals surface area contributed by atoms with Crippen molar-refractivity contribution < 1.29 is 0 Å². The molecule has 56 valence electrons. The van der Waals surface area contributed by atoms with Crippen molar-refractivity contribution in [1.82, 2.24) is 15.4 Å². The molecule has 0 bridgehead atoms. The van der Waals surface area contributed by atoms with Crippen LogP contribution in [-0.2, 0) is 0 Å². The third-order valence-corrected chi connectivity index (χ3v) is 2.57. The van der Waals surface area contributed by atoms with E-state index in [1.54, 1.807) is 6.20 Å². The highest BCUT2D eigenvalue weighted by Crippen LogP contribution is 2.24. The van der Waals surface area contributed by atoms with Crippen LogP contribution in [0.2, 0.25) is 0 Å². The molecule has 0 aromatic carbocycles. The van der Waals surface area contributed by atoms with Crippen LogP contribution in [0.15, 0.2) is 11.2 Å². The highest BCUT2D eigenvalue weighted by Gasteiger charge is 2.04. The fraction of sp³-hybridized carbons (Fsp3) is 0.600. The quantitative estimate of drug-likeness (QED) is 0.566. The van der Waals surface area contributed by atoms with Gasteiger partial charge in [0.2, 0.25) is 0 Å². The second kappa shape index (κ2) is 3.83. The molecule has 1 aromatic rings. The highest BCUT2D eigenvalue weighted by atomic mass is 35.5. The van der Waals surface area contributed by atoms with Crippen LogP contribution in [0.25, 0.3) is 0 Å². The van der Waals surface area contributed by atoms with Crippen LogP contribution in [0.3, 0.4) is 0 Å². The Hall–Kier alpha value is -0.220. The zero-order valence-electron chi connectivity index (χ0n) is 5.54. The van der Waals surface area contributed by atoms with Gasteiger partial charge in [-0.15, -0.1) is 16.7 Å². The molecule has 0 aliphatic heterocycles. The van der Waals surface area contributed by atoms with Crippen LogP contribution in [0, 0.1) is 0 Å². The van der Waals surface area contributed by atoms with Gasteiger partial charge >= 0.3 is 0 Å². The first-order valence-electron chi connectivity index (χ1n) is 2.99. The van der Waals surface area contributed by atoms with E-state index < -0.39 is 0 Å². The summed E-state index contributed by atoms with van der Waals surface area (Å²) < 4.78 is 0.102. The number of nitrogens with one attached hydrogen (secondary N) is 1. The number of aromatic nitrogens is 3. The molecule has 0 saturated carbocycles. The first kappa shape index (κ1) is 7.88. The number of halogens is 1. The van der Waals surface area contributed by atoms with Gasteiger partial charge in [-0.25, -0.2) is 0 Å². The maximum absolute atomic E-state index is 5.84. The fourth-order valence-electron chi connectivity index (χ4n) is 0.462. The van der Waals surface area contributed by atoms with Crippen molar-refractivity contribution in [3.8, 4) is 0 Å². The van der Waals surface area contributed by atoms with Crippen LogP contribution in [0.5, 0.6) is 0 Å². The number of alkyl halides is 1. The first-order valence-corrected chi connectivity index (χ1v) is 4.31. The molecule has 3 nitrogen and oxygen atoms in total. The van der Waals surface area contributed by atoms with Crippen molar-refractivity contribution in [3.63, 3.8) is 0 Å². The molecule has 10 heavy (non-hydrogen) atoms. The van der Waals surface area contributed by atoms with Gasteiger partial charge in [-0.1, -0.05) is 18.7 Å². The van der Waals surface area contributed by atoms with Gasteiger partial charge in [-0.05, 0) is 6.42 Å². The minimum absolute atomic E-state index is 0.102. The molecular weight excluding hydrogens is 170 g/mol. The zero-order chi connectivity index (χ0) is 7.40. The standard InChI is InChI=1S/C5H8ClN3S/c1-2-4(6)10-5-3-7-9-8-5/h3-4H,2H2,1H3,(H,7,8,9). The number of hydrogen-bond donors (Lipinski definition) is 1. The normalized spacial score (nSPS) is 13.4. The summed E-state index contributed by atoms with van der Waals surface area (Å²) >= 11 is 7.35. The molecular formula is C5H8ClN3S. The lowest BCUT2D eigenvalue weighted by molar-refractivity contribution is 0.909. The number of nitrogens with zero attached hydrogens (tertiary/aromatic N) is 2. The Morgan fingerprint density at radius 3 is 3.20 bits per heavy atom. The maximum atomic E-state index is 5.84. The Morgan fingerprint density at radius 2 is 2.70 bits per heavy atom. The number of aromatic amines is 1. The Balaban J connectivity index is 2.40. The summed E-state index contributed by atoms with van der Waals surface area (Å²) in [5, 5.41) is 10.9. The van der Waals surface area contributed by atoms with E-state index in [0.29, 0.717) is 0 Å². The van der Waals surface area contributed by atoms with Gasteiger partial charge in [-0.3, -0.25) is 0 Å². The van der Waals surface area contributed by atoms with E-state index >= 15 is 0 Å². The summed E-state index contributed by atoms with van der Waals surface area (Å²) in [4.78, 5) is 0. The average Bonchev–Trinajstić information content (AvgIpc) is 2.40. The van der Waals surface area contributed by atoms with E-state index in [1.165, 1.54) is 11.8 Å². The lowest BCUT2D eigenvalue weighted by atomic mass is 10.6. The summed E-state index contributed by atoms with van der Waals surface area (Å²) in [6, 6.07) is 0. The predicted molar refractivity (Wildman–Crippen MR) is 42.2 cm³/mol. The number of hydrogen-bond acceptors (Lipinski definition) is 3. The lowest BCUT2D eigenvalue weighted by Gasteiger charge is -1.99. The second-order valence-corrected chi connectivity index (χ2v) is 3.75. The van der Waals surface area contributed by atoms with E-state index in [4.69, 9.17) is 11.6 Å². The molecule has 0 fully saturated rings. The molecule has 0 aliphatic carbocycles. The van der Waals surface area contributed by atoms with Crippen molar-refractivity contribution in [2.45, 2.75) is 23.1 Å². The van der Waals surface area contributed by atoms with E-state index in [-0.39, 0.29) is 4.71 Å². The lowest BCUT2D eigenvalue weighted by Crippen LogP contribution is -1.87. The van der Waals surface area contributed by atoms with Crippen molar-refractivity contribution in [3.05, 3.63) is 6.20 Å². The van der Waals surface area contributed by atoms with Crippen LogP contribution in [0.1, 0.15) is 13.3 Å². The molecule has 5 heteroatoms. The largest absolute Gasteiger partial charge is 0.197 e. The predicted octanol–water partition coefficient (Wildman–Crippen LogP) is 1.87. The van der Waals surface area contributed by atoms with Crippen molar-refractivity contribution in [2.24, 2.45) is 0 Å². The Labute approximate surface area is 68.5 Å². The molecule has 1 unspecified atom stereocenters. The van der Waals surface area contributed by atoms with Gasteiger partial charge < -0.3 is 0 Å². The smallest absolute Gasteiger partial charge is 0.140 e. The number of rotatable bonds is 3. The van der Waals surface area contributed by atoms with E-state index in [2.05, 4.69) is 15.4 Å².